The third-order valence-electron chi connectivity index (χ3n) is 14.9. The number of fused-ring (bicyclic) bond motifs is 2. The molecule has 0 saturated carbocycles. The molecule has 0 aliphatic rings. The van der Waals surface area contributed by atoms with E-state index >= 15 is 35.5 Å². The Morgan fingerprint density at radius 1 is 0.558 bits per heavy atom. The lowest BCUT2D eigenvalue weighted by Crippen LogP contribution is -2.40. The fourth-order valence-electron chi connectivity index (χ4n) is 10.7. The zero-order valence-electron chi connectivity index (χ0n) is 50.9. The van der Waals surface area contributed by atoms with Gasteiger partial charge in [-0.1, -0.05) is 24.3 Å². The van der Waals surface area contributed by atoms with Crippen LogP contribution in [0.4, 0.5) is 64.9 Å². The van der Waals surface area contributed by atoms with Crippen LogP contribution < -0.4 is 53.4 Å². The van der Waals surface area contributed by atoms with Gasteiger partial charge in [0.25, 0.3) is 11.1 Å². The van der Waals surface area contributed by atoms with Gasteiger partial charge in [-0.15, -0.1) is 10.2 Å². The van der Waals surface area contributed by atoms with Crippen LogP contribution in [0.1, 0.15) is 39.2 Å². The highest BCUT2D eigenvalue weighted by molar-refractivity contribution is 5.89. The second-order valence-electron chi connectivity index (χ2n) is 21.7. The highest BCUT2D eigenvalue weighted by atomic mass is 19.4. The number of halogens is 10. The first-order valence-corrected chi connectivity index (χ1v) is 28.2. The number of ether oxygens (including phenoxy) is 2. The van der Waals surface area contributed by atoms with Gasteiger partial charge in [-0.2, -0.15) is 26.3 Å². The number of nitrogens with one attached hydrogen (secondary N) is 4. The maximum atomic E-state index is 17.5. The van der Waals surface area contributed by atoms with Gasteiger partial charge in [0, 0.05) is 48.2 Å². The van der Waals surface area contributed by atoms with E-state index in [1.54, 1.807) is 38.0 Å². The third-order valence-corrected chi connectivity index (χ3v) is 14.9. The van der Waals surface area contributed by atoms with Crippen LogP contribution in [0.15, 0.2) is 134 Å². The summed E-state index contributed by atoms with van der Waals surface area (Å²) in [6.07, 6.45) is -10.8. The molecule has 0 aliphatic carbocycles. The fraction of sp³-hybridized carbons (Fsp3) is 0.226. The van der Waals surface area contributed by atoms with Crippen molar-refractivity contribution in [1.29, 1.82) is 0 Å². The van der Waals surface area contributed by atoms with Crippen molar-refractivity contribution >= 4 is 45.5 Å². The van der Waals surface area contributed by atoms with Gasteiger partial charge in [0.15, 0.2) is 34.4 Å². The number of hydrogen-bond acceptors (Lipinski definition) is 13. The molecule has 0 spiro atoms. The molecule has 0 atom stereocenters. The number of carbonyl (C=O) groups is 2. The Kier molecular flexibility index (Phi) is 18.7. The van der Waals surface area contributed by atoms with Gasteiger partial charge >= 0.3 is 35.8 Å². The SMILES string of the molecule is CNC(=O)Nc1ccc(-n2nc3c(c2CN(C)C)c(=O)n(-c2cccc(OCc4ccc(F)c(Cn5c(=O)n(-c6cccc(OC)c6F)c(=O)c6c(CN(C)C)n(-c7ccc(NC(=O)NOC)cc7)nc65)c4C(F)(F)F)c2F)c(=O)n3Cc2c(F)cccc2C(F)(F)F)cc1. The minimum absolute atomic E-state index is 0.00698. The number of carbonyl (C=O) groups excluding carboxylic acids is 2. The standard InChI is InChI=1S/C62H54F10N14O9/c1-73-57(89)74-33-18-22-35(23-19-33)85-44(29-79(2)3)48-53(76-85)81(27-37-39(61(67,68)69)11-8-12-40(37)63)59(91)84(56(48)88)43-14-10-16-47(52(43)66)95-31-32-17-26-41(64)38(50(32)62(70,71)72)28-82-54-49(55(87)83(60(82)92)42-13-9-15-46(93-6)51(42)65)45(30-80(4)5)86(77-54)36-24-20-34(21-25-36)75-58(90)78-94-7/h8-26H,27-31H2,1-7H3,(H2,73,74,89)(H2,75,78,90). The summed E-state index contributed by atoms with van der Waals surface area (Å²) < 4.78 is 172. The number of anilines is 2. The summed E-state index contributed by atoms with van der Waals surface area (Å²) in [6.45, 7) is -4.34. The molecule has 4 N–H and O–H groups in total. The van der Waals surface area contributed by atoms with E-state index in [1.807, 2.05) is 0 Å². The van der Waals surface area contributed by atoms with Crippen molar-refractivity contribution in [2.75, 3.05) is 60.1 Å². The molecule has 4 amide bonds. The monoisotopic (exact) mass is 1330 g/mol. The van der Waals surface area contributed by atoms with Gasteiger partial charge in [0.05, 0.1) is 72.6 Å². The van der Waals surface area contributed by atoms with Crippen LogP contribution in [-0.2, 0) is 50.0 Å². The second-order valence-corrected chi connectivity index (χ2v) is 21.7. The minimum atomic E-state index is -5.56. The van der Waals surface area contributed by atoms with Crippen molar-refractivity contribution < 1.29 is 67.8 Å². The summed E-state index contributed by atoms with van der Waals surface area (Å²) in [5.74, 6) is -7.28. The van der Waals surface area contributed by atoms with E-state index in [0.29, 0.717) is 38.0 Å². The third kappa shape index (κ3) is 13.1. The van der Waals surface area contributed by atoms with E-state index in [4.69, 9.17) is 9.47 Å². The Labute approximate surface area is 529 Å². The molecule has 4 aromatic heterocycles. The smallest absolute Gasteiger partial charge is 0.417 e. The Morgan fingerprint density at radius 2 is 1.02 bits per heavy atom. The van der Waals surface area contributed by atoms with Crippen molar-refractivity contribution in [3.05, 3.63) is 219 Å². The van der Waals surface area contributed by atoms with Crippen molar-refractivity contribution in [3.63, 3.8) is 0 Å². The van der Waals surface area contributed by atoms with Gasteiger partial charge in [0.1, 0.15) is 29.0 Å². The summed E-state index contributed by atoms with van der Waals surface area (Å²) in [4.78, 5) is 92.0. The highest BCUT2D eigenvalue weighted by Crippen LogP contribution is 2.39. The van der Waals surface area contributed by atoms with Crippen LogP contribution >= 0.6 is 0 Å². The number of rotatable bonds is 19. The lowest BCUT2D eigenvalue weighted by Gasteiger charge is -2.20. The quantitative estimate of drug-likeness (QED) is 0.0438. The summed E-state index contributed by atoms with van der Waals surface area (Å²) in [7, 11) is 9.97. The van der Waals surface area contributed by atoms with Crippen molar-refractivity contribution in [2.45, 2.75) is 45.1 Å². The van der Waals surface area contributed by atoms with E-state index in [-0.39, 0.29) is 51.8 Å². The van der Waals surface area contributed by atoms with Crippen LogP contribution in [0.25, 0.3) is 44.8 Å². The van der Waals surface area contributed by atoms with Crippen LogP contribution in [0.5, 0.6) is 11.5 Å². The van der Waals surface area contributed by atoms with Gasteiger partial charge in [-0.25, -0.2) is 60.7 Å². The number of nitrogens with zero attached hydrogens (tertiary/aromatic N) is 10. The molecule has 0 bridgehead atoms. The molecule has 6 aromatic carbocycles. The predicted octanol–water partition coefficient (Wildman–Crippen LogP) is 8.83. The number of aromatic nitrogens is 8. The van der Waals surface area contributed by atoms with Crippen LogP contribution in [0.2, 0.25) is 0 Å². The first-order valence-electron chi connectivity index (χ1n) is 28.2. The van der Waals surface area contributed by atoms with Crippen LogP contribution in [0.3, 0.4) is 0 Å². The first-order chi connectivity index (χ1) is 45.1. The molecule has 496 valence electrons. The molecular formula is C62H54F10N14O9. The second kappa shape index (κ2) is 26.5. The number of benzene rings is 6. The number of alkyl halides is 6. The lowest BCUT2D eigenvalue weighted by molar-refractivity contribution is -0.140. The first kappa shape index (κ1) is 66.8. The molecule has 23 nitrogen and oxygen atoms in total. The average Bonchev–Trinajstić information content (AvgIpc) is 1.64. The average molecular weight is 1330 g/mol. The molecule has 10 aromatic rings. The maximum absolute atomic E-state index is 17.5. The minimum Gasteiger partial charge on any atom is -0.494 e. The number of hydroxylamine groups is 1. The van der Waals surface area contributed by atoms with Crippen molar-refractivity contribution in [2.24, 2.45) is 0 Å². The predicted molar refractivity (Wildman–Crippen MR) is 326 cm³/mol. The van der Waals surface area contributed by atoms with Crippen molar-refractivity contribution in [1.82, 2.24) is 58.4 Å². The number of methoxy groups -OCH3 is 1. The number of urea groups is 2. The number of amides is 4. The van der Waals surface area contributed by atoms with Gasteiger partial charge in [-0.3, -0.25) is 23.6 Å². The molecule has 0 unspecified atom stereocenters. The van der Waals surface area contributed by atoms with Crippen LogP contribution in [0, 0.1) is 23.3 Å². The largest absolute Gasteiger partial charge is 0.494 e. The molecule has 4 heterocycles. The Hall–Kier alpha value is -11.1. The molecular weight excluding hydrogens is 1270 g/mol. The Morgan fingerprint density at radius 3 is 1.48 bits per heavy atom. The van der Waals surface area contributed by atoms with Crippen molar-refractivity contribution in [3.8, 4) is 34.2 Å². The molecule has 0 fully saturated rings. The molecule has 0 aliphatic heterocycles. The van der Waals surface area contributed by atoms with E-state index in [2.05, 4.69) is 36.5 Å². The molecule has 95 heavy (non-hydrogen) atoms. The summed E-state index contributed by atoms with van der Waals surface area (Å²) in [6, 6.07) is 19.5. The summed E-state index contributed by atoms with van der Waals surface area (Å²) in [5, 5.41) is 15.6. The fourth-order valence-corrected chi connectivity index (χ4v) is 10.7. The van der Waals surface area contributed by atoms with E-state index in [1.165, 1.54) is 73.4 Å². The normalized spacial score (nSPS) is 11.9. The lowest BCUT2D eigenvalue weighted by atomic mass is 9.99. The molecule has 10 rings (SSSR count). The van der Waals surface area contributed by atoms with Gasteiger partial charge in [0.2, 0.25) is 0 Å². The Balaban J connectivity index is 1.12. The highest BCUT2D eigenvalue weighted by Gasteiger charge is 2.40. The van der Waals surface area contributed by atoms with E-state index in [9.17, 15) is 37.1 Å². The van der Waals surface area contributed by atoms with Gasteiger partial charge < -0.3 is 35.2 Å². The molecule has 0 radical (unpaired) electrons. The van der Waals surface area contributed by atoms with Crippen LogP contribution in [-0.4, -0.2) is 109 Å². The number of hydrogen-bond donors (Lipinski definition) is 4. The van der Waals surface area contributed by atoms with E-state index in [0.717, 1.165) is 48.2 Å². The summed E-state index contributed by atoms with van der Waals surface area (Å²) in [5.41, 5.74) is -12.2. The summed E-state index contributed by atoms with van der Waals surface area (Å²) >= 11 is 0. The topological polar surface area (TPSA) is 240 Å². The maximum Gasteiger partial charge on any atom is 0.417 e. The Bertz CT molecular complexity index is 4900. The zero-order chi connectivity index (χ0) is 68.7. The zero-order valence-corrected chi connectivity index (χ0v) is 50.9. The molecule has 33 heteroatoms. The van der Waals surface area contributed by atoms with E-state index < -0.39 is 163 Å². The molecule has 0 saturated heterocycles. The van der Waals surface area contributed by atoms with Gasteiger partial charge in [-0.05, 0) is 119 Å².